The van der Waals surface area contributed by atoms with Gasteiger partial charge in [-0.05, 0) is 56.5 Å². The highest BCUT2D eigenvalue weighted by molar-refractivity contribution is 6.30. The van der Waals surface area contributed by atoms with Gasteiger partial charge in [-0.15, -0.1) is 0 Å². The summed E-state index contributed by atoms with van der Waals surface area (Å²) in [5.41, 5.74) is 1.13. The number of hydrogen-bond acceptors (Lipinski definition) is 3. The fourth-order valence-electron chi connectivity index (χ4n) is 2.93. The number of benzene rings is 1. The molecular formula is C19H26ClN3O. The quantitative estimate of drug-likeness (QED) is 0.695. The topological polar surface area (TPSA) is 38.1 Å². The summed E-state index contributed by atoms with van der Waals surface area (Å²) in [5.74, 6) is 0. The van der Waals surface area contributed by atoms with Gasteiger partial charge in [0, 0.05) is 36.5 Å². The Morgan fingerprint density at radius 1 is 1.25 bits per heavy atom. The van der Waals surface area contributed by atoms with Crippen LogP contribution < -0.4 is 5.69 Å². The van der Waals surface area contributed by atoms with Gasteiger partial charge in [0.1, 0.15) is 0 Å². The van der Waals surface area contributed by atoms with Crippen molar-refractivity contribution in [1.82, 2.24) is 14.5 Å². The third-order valence-corrected chi connectivity index (χ3v) is 4.46. The number of halogens is 1. The minimum absolute atomic E-state index is 0.172. The van der Waals surface area contributed by atoms with Gasteiger partial charge in [-0.3, -0.25) is 4.57 Å². The van der Waals surface area contributed by atoms with Crippen molar-refractivity contribution in [2.75, 3.05) is 13.1 Å². The molecule has 130 valence electrons. The number of nitrogens with zero attached hydrogens (tertiary/aromatic N) is 3. The van der Waals surface area contributed by atoms with E-state index < -0.39 is 0 Å². The van der Waals surface area contributed by atoms with Crippen molar-refractivity contribution in [3.05, 3.63) is 63.8 Å². The summed E-state index contributed by atoms with van der Waals surface area (Å²) in [6.07, 6.45) is 6.41. The molecule has 0 amide bonds. The highest BCUT2D eigenvalue weighted by Crippen LogP contribution is 2.14. The Balaban J connectivity index is 1.89. The van der Waals surface area contributed by atoms with E-state index in [0.29, 0.717) is 12.6 Å². The molecule has 24 heavy (non-hydrogen) atoms. The van der Waals surface area contributed by atoms with Crippen molar-refractivity contribution >= 4 is 11.6 Å². The molecule has 5 heteroatoms. The van der Waals surface area contributed by atoms with Crippen LogP contribution in [0.4, 0.5) is 0 Å². The van der Waals surface area contributed by atoms with Crippen LogP contribution in [0.5, 0.6) is 0 Å². The SMILES string of the molecule is CCCN(CCCn1cccnc1=O)C(C)Cc1ccc(Cl)cc1. The van der Waals surface area contributed by atoms with E-state index in [9.17, 15) is 4.79 Å². The van der Waals surface area contributed by atoms with E-state index in [1.54, 1.807) is 16.8 Å². The van der Waals surface area contributed by atoms with Gasteiger partial charge in [-0.25, -0.2) is 9.78 Å². The zero-order valence-electron chi connectivity index (χ0n) is 14.5. The monoisotopic (exact) mass is 347 g/mol. The summed E-state index contributed by atoms with van der Waals surface area (Å²) in [7, 11) is 0. The Labute approximate surface area is 149 Å². The van der Waals surface area contributed by atoms with Crippen LogP contribution in [0.1, 0.15) is 32.3 Å². The molecule has 0 radical (unpaired) electrons. The Bertz CT molecular complexity index is 669. The molecule has 1 unspecified atom stereocenters. The molecule has 2 rings (SSSR count). The summed E-state index contributed by atoms with van der Waals surface area (Å²) in [5, 5.41) is 0.777. The molecule has 2 aromatic rings. The zero-order valence-corrected chi connectivity index (χ0v) is 15.2. The molecule has 1 aromatic carbocycles. The average Bonchev–Trinajstić information content (AvgIpc) is 2.58. The number of rotatable bonds is 9. The lowest BCUT2D eigenvalue weighted by atomic mass is 10.1. The standard InChI is InChI=1S/C19H26ClN3O/c1-3-11-22(13-5-14-23-12-4-10-21-19(23)24)16(2)15-17-6-8-18(20)9-7-17/h4,6-10,12,16H,3,5,11,13-15H2,1-2H3. The molecule has 0 saturated carbocycles. The van der Waals surface area contributed by atoms with Crippen LogP contribution in [0.15, 0.2) is 47.5 Å². The van der Waals surface area contributed by atoms with Crippen LogP contribution >= 0.6 is 11.6 Å². The molecule has 0 fully saturated rings. The highest BCUT2D eigenvalue weighted by Gasteiger charge is 2.13. The summed E-state index contributed by atoms with van der Waals surface area (Å²) < 4.78 is 1.67. The fourth-order valence-corrected chi connectivity index (χ4v) is 3.06. The largest absolute Gasteiger partial charge is 0.347 e. The van der Waals surface area contributed by atoms with E-state index in [2.05, 4.69) is 35.9 Å². The van der Waals surface area contributed by atoms with E-state index in [1.807, 2.05) is 12.1 Å². The minimum Gasteiger partial charge on any atom is -0.300 e. The second kappa shape index (κ2) is 9.60. The molecule has 0 aliphatic carbocycles. The van der Waals surface area contributed by atoms with Gasteiger partial charge in [0.05, 0.1) is 0 Å². The zero-order chi connectivity index (χ0) is 17.4. The van der Waals surface area contributed by atoms with Gasteiger partial charge in [-0.2, -0.15) is 0 Å². The van der Waals surface area contributed by atoms with Gasteiger partial charge in [0.15, 0.2) is 0 Å². The molecule has 1 aromatic heterocycles. The van der Waals surface area contributed by atoms with E-state index in [-0.39, 0.29) is 5.69 Å². The Morgan fingerprint density at radius 3 is 2.67 bits per heavy atom. The summed E-state index contributed by atoms with van der Waals surface area (Å²) >= 11 is 5.96. The third-order valence-electron chi connectivity index (χ3n) is 4.21. The Morgan fingerprint density at radius 2 is 2.00 bits per heavy atom. The van der Waals surface area contributed by atoms with E-state index in [1.165, 1.54) is 11.8 Å². The lowest BCUT2D eigenvalue weighted by Crippen LogP contribution is -2.37. The van der Waals surface area contributed by atoms with Crippen molar-refractivity contribution in [2.45, 2.75) is 45.7 Å². The molecule has 0 aliphatic rings. The highest BCUT2D eigenvalue weighted by atomic mass is 35.5. The van der Waals surface area contributed by atoms with Crippen LogP contribution in [-0.4, -0.2) is 33.6 Å². The van der Waals surface area contributed by atoms with Gasteiger partial charge in [0.2, 0.25) is 0 Å². The van der Waals surface area contributed by atoms with Crippen LogP contribution in [0.25, 0.3) is 0 Å². The van der Waals surface area contributed by atoms with Crippen molar-refractivity contribution in [3.8, 4) is 0 Å². The first-order valence-corrected chi connectivity index (χ1v) is 8.98. The maximum absolute atomic E-state index is 11.7. The van der Waals surface area contributed by atoms with E-state index in [4.69, 9.17) is 11.6 Å². The van der Waals surface area contributed by atoms with Crippen molar-refractivity contribution < 1.29 is 0 Å². The van der Waals surface area contributed by atoms with Crippen molar-refractivity contribution in [1.29, 1.82) is 0 Å². The van der Waals surface area contributed by atoms with E-state index in [0.717, 1.165) is 37.4 Å². The van der Waals surface area contributed by atoms with Gasteiger partial charge in [-0.1, -0.05) is 30.7 Å². The molecule has 1 heterocycles. The number of hydrogen-bond donors (Lipinski definition) is 0. The predicted octanol–water partition coefficient (Wildman–Crippen LogP) is 3.63. The third kappa shape index (κ3) is 5.77. The normalized spacial score (nSPS) is 12.5. The lowest BCUT2D eigenvalue weighted by Gasteiger charge is -2.29. The molecular weight excluding hydrogens is 322 g/mol. The predicted molar refractivity (Wildman–Crippen MR) is 99.6 cm³/mol. The smallest absolute Gasteiger partial charge is 0.300 e. The number of aromatic nitrogens is 2. The molecule has 0 spiro atoms. The molecule has 1 atom stereocenters. The van der Waals surface area contributed by atoms with Gasteiger partial charge in [0.25, 0.3) is 0 Å². The van der Waals surface area contributed by atoms with Gasteiger partial charge >= 0.3 is 5.69 Å². The van der Waals surface area contributed by atoms with Crippen LogP contribution in [0.3, 0.4) is 0 Å². The van der Waals surface area contributed by atoms with Crippen LogP contribution in [0, 0.1) is 0 Å². The maximum atomic E-state index is 11.7. The minimum atomic E-state index is -0.172. The van der Waals surface area contributed by atoms with E-state index >= 15 is 0 Å². The lowest BCUT2D eigenvalue weighted by molar-refractivity contribution is 0.201. The Kier molecular flexibility index (Phi) is 7.47. The molecule has 0 aliphatic heterocycles. The number of aryl methyl sites for hydroxylation is 1. The summed E-state index contributed by atoms with van der Waals surface area (Å²) in [6.45, 7) is 7.22. The summed E-state index contributed by atoms with van der Waals surface area (Å²) in [6, 6.07) is 10.3. The van der Waals surface area contributed by atoms with Crippen LogP contribution in [0.2, 0.25) is 5.02 Å². The van der Waals surface area contributed by atoms with Crippen LogP contribution in [-0.2, 0) is 13.0 Å². The molecule has 4 nitrogen and oxygen atoms in total. The van der Waals surface area contributed by atoms with Crippen molar-refractivity contribution in [3.63, 3.8) is 0 Å². The Hall–Kier alpha value is -1.65. The second-order valence-electron chi connectivity index (χ2n) is 6.16. The van der Waals surface area contributed by atoms with Crippen molar-refractivity contribution in [2.24, 2.45) is 0 Å². The molecule has 0 bridgehead atoms. The molecule has 0 saturated heterocycles. The first-order chi connectivity index (χ1) is 11.6. The second-order valence-corrected chi connectivity index (χ2v) is 6.60. The molecule has 0 N–H and O–H groups in total. The average molecular weight is 348 g/mol. The first kappa shape index (κ1) is 18.7. The summed E-state index contributed by atoms with van der Waals surface area (Å²) in [4.78, 5) is 17.9. The van der Waals surface area contributed by atoms with Gasteiger partial charge < -0.3 is 4.90 Å². The maximum Gasteiger partial charge on any atom is 0.347 e. The fraction of sp³-hybridized carbons (Fsp3) is 0.474. The first-order valence-electron chi connectivity index (χ1n) is 8.60.